The first kappa shape index (κ1) is 15.1. The third-order valence-corrected chi connectivity index (χ3v) is 5.04. The van der Waals surface area contributed by atoms with Gasteiger partial charge in [-0.05, 0) is 43.4 Å². The highest BCUT2D eigenvalue weighted by Gasteiger charge is 2.31. The average Bonchev–Trinajstić information content (AvgIpc) is 3.09. The summed E-state index contributed by atoms with van der Waals surface area (Å²) in [5, 5.41) is 9.13. The second-order valence-electron chi connectivity index (χ2n) is 6.54. The first-order valence-corrected chi connectivity index (χ1v) is 8.27. The highest BCUT2D eigenvalue weighted by Crippen LogP contribution is 2.31. The lowest BCUT2D eigenvalue weighted by Crippen LogP contribution is -2.41. The lowest BCUT2D eigenvalue weighted by molar-refractivity contribution is -0.136. The van der Waals surface area contributed by atoms with Crippen LogP contribution < -0.4 is 0 Å². The molecule has 1 saturated carbocycles. The largest absolute Gasteiger partial charge is 0.478 e. The molecule has 2 fully saturated rings. The van der Waals surface area contributed by atoms with Crippen molar-refractivity contribution in [2.75, 3.05) is 13.1 Å². The Morgan fingerprint density at radius 3 is 2.59 bits per heavy atom. The van der Waals surface area contributed by atoms with Crippen molar-refractivity contribution in [2.24, 2.45) is 5.92 Å². The van der Waals surface area contributed by atoms with Crippen molar-refractivity contribution >= 4 is 11.9 Å². The maximum Gasteiger partial charge on any atom is 0.335 e. The number of rotatable bonds is 3. The molecule has 0 radical (unpaired) electrons. The lowest BCUT2D eigenvalue weighted by Gasteiger charge is -2.34. The summed E-state index contributed by atoms with van der Waals surface area (Å²) in [6.07, 6.45) is 6.45. The van der Waals surface area contributed by atoms with E-state index in [4.69, 9.17) is 5.11 Å². The average molecular weight is 301 g/mol. The summed E-state index contributed by atoms with van der Waals surface area (Å²) >= 11 is 0. The smallest absolute Gasteiger partial charge is 0.335 e. The molecule has 3 rings (SSSR count). The molecule has 1 aromatic rings. The third-order valence-electron chi connectivity index (χ3n) is 5.04. The van der Waals surface area contributed by atoms with Crippen LogP contribution in [0.1, 0.15) is 60.4 Å². The van der Waals surface area contributed by atoms with E-state index in [1.54, 1.807) is 18.2 Å². The monoisotopic (exact) mass is 301 g/mol. The van der Waals surface area contributed by atoms with Crippen LogP contribution in [-0.2, 0) is 4.79 Å². The fourth-order valence-corrected chi connectivity index (χ4v) is 3.81. The Hall–Kier alpha value is -1.84. The molecule has 22 heavy (non-hydrogen) atoms. The van der Waals surface area contributed by atoms with Crippen LogP contribution in [0.2, 0.25) is 0 Å². The second-order valence-corrected chi connectivity index (χ2v) is 6.54. The molecular weight excluding hydrogens is 278 g/mol. The summed E-state index contributed by atoms with van der Waals surface area (Å²) in [5.74, 6) is -0.0874. The predicted molar refractivity (Wildman–Crippen MR) is 83.9 cm³/mol. The van der Waals surface area contributed by atoms with Crippen molar-refractivity contribution in [3.05, 3.63) is 35.4 Å². The molecule has 4 nitrogen and oxygen atoms in total. The summed E-state index contributed by atoms with van der Waals surface area (Å²) in [6.45, 7) is 1.59. The van der Waals surface area contributed by atoms with E-state index < -0.39 is 5.97 Å². The first-order valence-electron chi connectivity index (χ1n) is 8.27. The summed E-state index contributed by atoms with van der Waals surface area (Å²) in [4.78, 5) is 25.7. The number of benzene rings is 1. The zero-order chi connectivity index (χ0) is 15.5. The zero-order valence-corrected chi connectivity index (χ0v) is 12.8. The van der Waals surface area contributed by atoms with Crippen LogP contribution in [0.15, 0.2) is 24.3 Å². The number of carboxylic acid groups (broad SMARTS) is 1. The van der Waals surface area contributed by atoms with Crippen LogP contribution in [0.25, 0.3) is 0 Å². The summed E-state index contributed by atoms with van der Waals surface area (Å²) in [7, 11) is 0. The van der Waals surface area contributed by atoms with Gasteiger partial charge in [-0.15, -0.1) is 0 Å². The molecule has 0 aromatic heterocycles. The number of carbonyl (C=O) groups is 2. The van der Waals surface area contributed by atoms with E-state index in [1.807, 2.05) is 11.0 Å². The van der Waals surface area contributed by atoms with E-state index in [0.29, 0.717) is 11.5 Å². The topological polar surface area (TPSA) is 57.6 Å². The molecule has 0 bridgehead atoms. The van der Waals surface area contributed by atoms with Gasteiger partial charge in [0.2, 0.25) is 5.91 Å². The van der Waals surface area contributed by atoms with Crippen molar-refractivity contribution < 1.29 is 14.7 Å². The van der Waals surface area contributed by atoms with Gasteiger partial charge in [0.15, 0.2) is 0 Å². The third kappa shape index (κ3) is 3.16. The second kappa shape index (κ2) is 6.51. The quantitative estimate of drug-likeness (QED) is 0.932. The fourth-order valence-electron chi connectivity index (χ4n) is 3.81. The van der Waals surface area contributed by atoms with Gasteiger partial charge < -0.3 is 10.0 Å². The number of piperidine rings is 1. The summed E-state index contributed by atoms with van der Waals surface area (Å²) in [5.41, 5.74) is 1.38. The first-order chi connectivity index (χ1) is 10.6. The number of carboxylic acids is 1. The molecule has 1 saturated heterocycles. The van der Waals surface area contributed by atoms with Crippen LogP contribution in [0.3, 0.4) is 0 Å². The fraction of sp³-hybridized carbons (Fsp3) is 0.556. The number of carbonyl (C=O) groups excluding carboxylic acids is 1. The molecule has 4 heteroatoms. The van der Waals surface area contributed by atoms with Gasteiger partial charge in [-0.2, -0.15) is 0 Å². The van der Waals surface area contributed by atoms with E-state index in [-0.39, 0.29) is 11.8 Å². The van der Waals surface area contributed by atoms with Crippen molar-refractivity contribution in [3.8, 4) is 0 Å². The summed E-state index contributed by atoms with van der Waals surface area (Å²) in [6, 6.07) is 7.17. The van der Waals surface area contributed by atoms with Gasteiger partial charge in [0, 0.05) is 24.9 Å². The van der Waals surface area contributed by atoms with Crippen molar-refractivity contribution in [2.45, 2.75) is 44.4 Å². The van der Waals surface area contributed by atoms with Crippen LogP contribution in [0, 0.1) is 5.92 Å². The SMILES string of the molecule is O=C(O)c1cccc(C2CCCN(C(=O)C3CCCC3)C2)c1. The highest BCUT2D eigenvalue weighted by atomic mass is 16.4. The molecule has 1 aromatic carbocycles. The highest BCUT2D eigenvalue weighted by molar-refractivity contribution is 5.87. The maximum absolute atomic E-state index is 12.6. The standard InChI is InChI=1S/C18H23NO3/c20-17(13-5-1-2-6-13)19-10-4-9-16(12-19)14-7-3-8-15(11-14)18(21)22/h3,7-8,11,13,16H,1-2,4-6,9-10,12H2,(H,21,22). The lowest BCUT2D eigenvalue weighted by atomic mass is 9.89. The molecule has 1 unspecified atom stereocenters. The molecule has 0 spiro atoms. The minimum absolute atomic E-state index is 0.226. The molecule has 118 valence electrons. The van der Waals surface area contributed by atoms with Crippen LogP contribution in [-0.4, -0.2) is 35.0 Å². The van der Waals surface area contributed by atoms with Crippen LogP contribution in [0.4, 0.5) is 0 Å². The summed E-state index contributed by atoms with van der Waals surface area (Å²) < 4.78 is 0. The van der Waals surface area contributed by atoms with E-state index >= 15 is 0 Å². The number of hydrogen-bond donors (Lipinski definition) is 1. The Labute approximate surface area is 131 Å². The minimum atomic E-state index is -0.892. The van der Waals surface area contributed by atoms with Crippen LogP contribution >= 0.6 is 0 Å². The van der Waals surface area contributed by atoms with Crippen molar-refractivity contribution in [3.63, 3.8) is 0 Å². The molecule has 1 aliphatic carbocycles. The molecule has 1 heterocycles. The number of hydrogen-bond acceptors (Lipinski definition) is 2. The molecule has 1 atom stereocenters. The van der Waals surface area contributed by atoms with E-state index in [0.717, 1.165) is 44.3 Å². The molecule has 1 amide bonds. The van der Waals surface area contributed by atoms with Crippen molar-refractivity contribution in [1.82, 2.24) is 4.90 Å². The Kier molecular flexibility index (Phi) is 4.46. The number of likely N-dealkylation sites (tertiary alicyclic amines) is 1. The van der Waals surface area contributed by atoms with Gasteiger partial charge in [-0.3, -0.25) is 4.79 Å². The Bertz CT molecular complexity index is 563. The Morgan fingerprint density at radius 1 is 1.09 bits per heavy atom. The van der Waals surface area contributed by atoms with E-state index in [2.05, 4.69) is 0 Å². The van der Waals surface area contributed by atoms with Gasteiger partial charge in [-0.1, -0.05) is 25.0 Å². The van der Waals surface area contributed by atoms with Gasteiger partial charge in [0.05, 0.1) is 5.56 Å². The normalized spacial score (nSPS) is 22.7. The minimum Gasteiger partial charge on any atom is -0.478 e. The molecule has 2 aliphatic rings. The van der Waals surface area contributed by atoms with Gasteiger partial charge in [-0.25, -0.2) is 4.79 Å². The van der Waals surface area contributed by atoms with E-state index in [9.17, 15) is 9.59 Å². The van der Waals surface area contributed by atoms with Crippen LogP contribution in [0.5, 0.6) is 0 Å². The van der Waals surface area contributed by atoms with E-state index in [1.165, 1.54) is 12.8 Å². The maximum atomic E-state index is 12.6. The Balaban J connectivity index is 1.71. The molecule has 1 N–H and O–H groups in total. The van der Waals surface area contributed by atoms with Gasteiger partial charge >= 0.3 is 5.97 Å². The van der Waals surface area contributed by atoms with Gasteiger partial charge in [0.1, 0.15) is 0 Å². The predicted octanol–water partition coefficient (Wildman–Crippen LogP) is 3.28. The Morgan fingerprint density at radius 2 is 1.86 bits per heavy atom. The zero-order valence-electron chi connectivity index (χ0n) is 12.8. The number of amides is 1. The number of aromatic carboxylic acids is 1. The molecule has 1 aliphatic heterocycles. The number of nitrogens with zero attached hydrogens (tertiary/aromatic N) is 1. The van der Waals surface area contributed by atoms with Crippen molar-refractivity contribution in [1.29, 1.82) is 0 Å². The molecular formula is C18H23NO3. The van der Waals surface area contributed by atoms with Gasteiger partial charge in [0.25, 0.3) is 0 Å².